The minimum absolute atomic E-state index is 0.590. The molecule has 0 aliphatic heterocycles. The summed E-state index contributed by atoms with van der Waals surface area (Å²) < 4.78 is 1.06. The predicted molar refractivity (Wildman–Crippen MR) is 71.8 cm³/mol. The van der Waals surface area contributed by atoms with E-state index >= 15 is 0 Å². The lowest BCUT2D eigenvalue weighted by Gasteiger charge is -2.04. The van der Waals surface area contributed by atoms with Gasteiger partial charge in [0.1, 0.15) is 0 Å². The van der Waals surface area contributed by atoms with E-state index in [0.29, 0.717) is 6.04 Å². The molecule has 0 atom stereocenters. The van der Waals surface area contributed by atoms with Crippen LogP contribution in [-0.4, -0.2) is 16.0 Å². The molecule has 3 nitrogen and oxygen atoms in total. The van der Waals surface area contributed by atoms with Crippen molar-refractivity contribution in [3.8, 4) is 11.1 Å². The highest BCUT2D eigenvalue weighted by molar-refractivity contribution is 9.10. The maximum Gasteiger partial charge on any atom is 0.222 e. The minimum atomic E-state index is 0.590. The Morgan fingerprint density at radius 1 is 1.12 bits per heavy atom. The first-order valence-electron chi connectivity index (χ1n) is 5.66. The first-order chi connectivity index (χ1) is 8.31. The molecule has 0 unspecified atom stereocenters. The van der Waals surface area contributed by atoms with Crippen molar-refractivity contribution < 1.29 is 0 Å². The van der Waals surface area contributed by atoms with E-state index in [2.05, 4.69) is 43.3 Å². The Labute approximate surface area is 108 Å². The normalized spacial score (nSPS) is 14.6. The number of hydrogen-bond donors (Lipinski definition) is 1. The molecular weight excluding hydrogens is 278 g/mol. The highest BCUT2D eigenvalue weighted by Crippen LogP contribution is 2.24. The van der Waals surface area contributed by atoms with Gasteiger partial charge in [0.2, 0.25) is 5.95 Å². The largest absolute Gasteiger partial charge is 0.351 e. The quantitative estimate of drug-likeness (QED) is 0.940. The third-order valence-electron chi connectivity index (χ3n) is 2.72. The van der Waals surface area contributed by atoms with Crippen LogP contribution in [-0.2, 0) is 0 Å². The van der Waals surface area contributed by atoms with E-state index in [-0.39, 0.29) is 0 Å². The summed E-state index contributed by atoms with van der Waals surface area (Å²) in [7, 11) is 0. The summed E-state index contributed by atoms with van der Waals surface area (Å²) in [5, 5.41) is 3.27. The Balaban J connectivity index is 1.83. The molecule has 1 N–H and O–H groups in total. The van der Waals surface area contributed by atoms with Gasteiger partial charge >= 0.3 is 0 Å². The van der Waals surface area contributed by atoms with Crippen LogP contribution in [0.5, 0.6) is 0 Å². The van der Waals surface area contributed by atoms with Gasteiger partial charge in [-0.05, 0) is 30.5 Å². The molecule has 1 heterocycles. The van der Waals surface area contributed by atoms with Gasteiger partial charge < -0.3 is 5.32 Å². The first kappa shape index (κ1) is 10.7. The lowest BCUT2D eigenvalue weighted by Crippen LogP contribution is -2.04. The molecule has 0 bridgehead atoms. The second-order valence-electron chi connectivity index (χ2n) is 4.22. The zero-order valence-corrected chi connectivity index (χ0v) is 10.8. The first-order valence-corrected chi connectivity index (χ1v) is 6.45. The van der Waals surface area contributed by atoms with E-state index in [1.54, 1.807) is 0 Å². The van der Waals surface area contributed by atoms with Gasteiger partial charge in [-0.15, -0.1) is 0 Å². The van der Waals surface area contributed by atoms with Crippen molar-refractivity contribution in [3.63, 3.8) is 0 Å². The van der Waals surface area contributed by atoms with E-state index in [9.17, 15) is 0 Å². The van der Waals surface area contributed by atoms with E-state index in [4.69, 9.17) is 0 Å². The third kappa shape index (κ3) is 2.64. The monoisotopic (exact) mass is 289 g/mol. The van der Waals surface area contributed by atoms with Gasteiger partial charge in [-0.3, -0.25) is 0 Å². The van der Waals surface area contributed by atoms with E-state index in [0.717, 1.165) is 21.5 Å². The summed E-state index contributed by atoms with van der Waals surface area (Å²) in [6.45, 7) is 0. The fraction of sp³-hybridized carbons (Fsp3) is 0.231. The van der Waals surface area contributed by atoms with E-state index in [1.165, 1.54) is 12.8 Å². The van der Waals surface area contributed by atoms with Crippen LogP contribution in [0.4, 0.5) is 5.95 Å². The zero-order valence-electron chi connectivity index (χ0n) is 9.23. The lowest BCUT2D eigenvalue weighted by atomic mass is 10.1. The van der Waals surface area contributed by atoms with Crippen molar-refractivity contribution >= 4 is 21.9 Å². The summed E-state index contributed by atoms with van der Waals surface area (Å²) in [5.41, 5.74) is 2.16. The van der Waals surface area contributed by atoms with Crippen molar-refractivity contribution in [2.45, 2.75) is 18.9 Å². The van der Waals surface area contributed by atoms with Gasteiger partial charge in [-0.1, -0.05) is 28.1 Å². The van der Waals surface area contributed by atoms with Crippen molar-refractivity contribution in [1.82, 2.24) is 9.97 Å². The molecule has 1 fully saturated rings. The summed E-state index contributed by atoms with van der Waals surface area (Å²) in [4.78, 5) is 8.65. The number of rotatable bonds is 3. The molecule has 1 aromatic heterocycles. The van der Waals surface area contributed by atoms with Crippen molar-refractivity contribution in [2.24, 2.45) is 0 Å². The molecule has 0 saturated heterocycles. The van der Waals surface area contributed by atoms with Crippen LogP contribution in [0.15, 0.2) is 41.1 Å². The van der Waals surface area contributed by atoms with Crippen LogP contribution in [0.25, 0.3) is 11.1 Å². The van der Waals surface area contributed by atoms with Crippen LogP contribution in [0.3, 0.4) is 0 Å². The summed E-state index contributed by atoms with van der Waals surface area (Å²) in [6, 6.07) is 8.72. The topological polar surface area (TPSA) is 37.8 Å². The van der Waals surface area contributed by atoms with Gasteiger partial charge in [0.25, 0.3) is 0 Å². The zero-order chi connectivity index (χ0) is 11.7. The fourth-order valence-corrected chi connectivity index (χ4v) is 2.03. The number of hydrogen-bond acceptors (Lipinski definition) is 3. The minimum Gasteiger partial charge on any atom is -0.351 e. The number of aromatic nitrogens is 2. The molecule has 0 amide bonds. The molecule has 3 rings (SSSR count). The Morgan fingerprint density at radius 2 is 1.88 bits per heavy atom. The third-order valence-corrected chi connectivity index (χ3v) is 3.21. The van der Waals surface area contributed by atoms with Crippen molar-refractivity contribution in [2.75, 3.05) is 5.32 Å². The molecule has 2 aromatic rings. The average Bonchev–Trinajstić information content (AvgIpc) is 3.14. The summed E-state index contributed by atoms with van der Waals surface area (Å²) >= 11 is 3.46. The Morgan fingerprint density at radius 3 is 2.53 bits per heavy atom. The van der Waals surface area contributed by atoms with Gasteiger partial charge in [0.05, 0.1) is 0 Å². The number of benzene rings is 1. The van der Waals surface area contributed by atoms with Crippen LogP contribution in [0.2, 0.25) is 0 Å². The molecule has 4 heteroatoms. The average molecular weight is 290 g/mol. The molecule has 0 radical (unpaired) electrons. The number of anilines is 1. The maximum atomic E-state index is 4.33. The molecule has 1 aromatic carbocycles. The van der Waals surface area contributed by atoms with Crippen LogP contribution in [0, 0.1) is 0 Å². The smallest absolute Gasteiger partial charge is 0.222 e. The number of nitrogens with one attached hydrogen (secondary N) is 1. The highest BCUT2D eigenvalue weighted by atomic mass is 79.9. The molecule has 86 valence electrons. The lowest BCUT2D eigenvalue weighted by molar-refractivity contribution is 1.05. The molecule has 1 saturated carbocycles. The Hall–Kier alpha value is -1.42. The number of halogens is 1. The maximum absolute atomic E-state index is 4.33. The second-order valence-corrected chi connectivity index (χ2v) is 5.14. The highest BCUT2D eigenvalue weighted by Gasteiger charge is 2.21. The molecule has 1 aliphatic carbocycles. The van der Waals surface area contributed by atoms with E-state index < -0.39 is 0 Å². The Kier molecular flexibility index (Phi) is 2.81. The van der Waals surface area contributed by atoms with Gasteiger partial charge in [-0.2, -0.15) is 0 Å². The standard InChI is InChI=1S/C13H12BrN3/c14-11-3-1-2-9(6-11)10-7-15-13(16-8-10)17-12-4-5-12/h1-3,6-8,12H,4-5H2,(H,15,16,17). The summed E-state index contributed by atoms with van der Waals surface area (Å²) in [5.74, 6) is 0.728. The van der Waals surface area contributed by atoms with Gasteiger partial charge in [0, 0.05) is 28.5 Å². The molecule has 17 heavy (non-hydrogen) atoms. The van der Waals surface area contributed by atoms with Gasteiger partial charge in [-0.25, -0.2) is 9.97 Å². The molecular formula is C13H12BrN3. The van der Waals surface area contributed by atoms with Crippen LogP contribution in [0.1, 0.15) is 12.8 Å². The van der Waals surface area contributed by atoms with Crippen molar-refractivity contribution in [1.29, 1.82) is 0 Å². The number of nitrogens with zero attached hydrogens (tertiary/aromatic N) is 2. The second kappa shape index (κ2) is 4.45. The fourth-order valence-electron chi connectivity index (χ4n) is 1.63. The predicted octanol–water partition coefficient (Wildman–Crippen LogP) is 3.48. The molecule has 0 spiro atoms. The SMILES string of the molecule is Brc1cccc(-c2cnc(NC3CC3)nc2)c1. The van der Waals surface area contributed by atoms with Crippen LogP contribution < -0.4 is 5.32 Å². The van der Waals surface area contributed by atoms with E-state index in [1.807, 2.05) is 24.5 Å². The summed E-state index contributed by atoms with van der Waals surface area (Å²) in [6.07, 6.45) is 6.19. The van der Waals surface area contributed by atoms with Crippen LogP contribution >= 0.6 is 15.9 Å². The molecule has 1 aliphatic rings. The van der Waals surface area contributed by atoms with Crippen molar-refractivity contribution in [3.05, 3.63) is 41.1 Å². The van der Waals surface area contributed by atoms with Gasteiger partial charge in [0.15, 0.2) is 0 Å². The Bertz CT molecular complexity index is 520.